The van der Waals surface area contributed by atoms with Crippen molar-refractivity contribution in [1.82, 2.24) is 10.2 Å². The molecular formula is C26H32ClN3O3. The number of aryl methyl sites for hydroxylation is 1. The summed E-state index contributed by atoms with van der Waals surface area (Å²) in [7, 11) is 0. The average molecular weight is 470 g/mol. The number of ether oxygens (including phenoxy) is 1. The maximum absolute atomic E-state index is 13.3. The van der Waals surface area contributed by atoms with Gasteiger partial charge in [0, 0.05) is 30.1 Å². The van der Waals surface area contributed by atoms with Gasteiger partial charge in [-0.25, -0.2) is 4.79 Å². The van der Waals surface area contributed by atoms with Crippen molar-refractivity contribution in [1.29, 1.82) is 0 Å². The molecule has 0 saturated carbocycles. The van der Waals surface area contributed by atoms with Crippen molar-refractivity contribution >= 4 is 29.2 Å². The second kappa shape index (κ2) is 10.5. The van der Waals surface area contributed by atoms with Crippen molar-refractivity contribution in [3.05, 3.63) is 59.1 Å². The summed E-state index contributed by atoms with van der Waals surface area (Å²) in [6.45, 7) is 5.62. The number of fused-ring (bicyclic) bond motifs is 1. The topological polar surface area (TPSA) is 61.9 Å². The third kappa shape index (κ3) is 5.80. The summed E-state index contributed by atoms with van der Waals surface area (Å²) in [5, 5.41) is 3.74. The number of nitrogens with zero attached hydrogens (tertiary/aromatic N) is 2. The van der Waals surface area contributed by atoms with Crippen LogP contribution in [0.15, 0.2) is 48.5 Å². The Morgan fingerprint density at radius 3 is 2.61 bits per heavy atom. The highest BCUT2D eigenvalue weighted by atomic mass is 35.5. The summed E-state index contributed by atoms with van der Waals surface area (Å²) >= 11 is 6.17. The lowest BCUT2D eigenvalue weighted by Gasteiger charge is -2.39. The molecule has 1 saturated heterocycles. The number of amides is 3. The fraction of sp³-hybridized carbons (Fsp3) is 0.462. The molecule has 1 fully saturated rings. The van der Waals surface area contributed by atoms with Gasteiger partial charge in [-0.2, -0.15) is 0 Å². The molecule has 1 N–H and O–H groups in total. The van der Waals surface area contributed by atoms with E-state index in [0.717, 1.165) is 12.8 Å². The highest BCUT2D eigenvalue weighted by Crippen LogP contribution is 2.36. The van der Waals surface area contributed by atoms with Gasteiger partial charge < -0.3 is 15.0 Å². The SMILES string of the molecule is C[C@@H]1CN(C(=O)N2CCC(C(=O)N[C@@H](C)CCc3ccccc3)CC2)c2cc(Cl)ccc2O1. The Morgan fingerprint density at radius 1 is 1.15 bits per heavy atom. The van der Waals surface area contributed by atoms with Crippen LogP contribution in [0, 0.1) is 5.92 Å². The average Bonchev–Trinajstić information content (AvgIpc) is 2.83. The lowest BCUT2D eigenvalue weighted by Crippen LogP contribution is -2.52. The van der Waals surface area contributed by atoms with Crippen LogP contribution in [-0.2, 0) is 11.2 Å². The van der Waals surface area contributed by atoms with Gasteiger partial charge in [-0.15, -0.1) is 0 Å². The highest BCUT2D eigenvalue weighted by molar-refractivity contribution is 6.31. The number of urea groups is 1. The van der Waals surface area contributed by atoms with Crippen LogP contribution in [-0.4, -0.2) is 48.6 Å². The van der Waals surface area contributed by atoms with E-state index in [-0.39, 0.29) is 30.0 Å². The van der Waals surface area contributed by atoms with Crippen LogP contribution in [0.5, 0.6) is 5.75 Å². The fourth-order valence-corrected chi connectivity index (χ4v) is 4.72. The van der Waals surface area contributed by atoms with Crippen molar-refractivity contribution in [2.45, 2.75) is 51.7 Å². The first-order valence-electron chi connectivity index (χ1n) is 11.8. The first kappa shape index (κ1) is 23.4. The molecule has 4 rings (SSSR count). The molecule has 7 heteroatoms. The number of piperidine rings is 1. The van der Waals surface area contributed by atoms with E-state index >= 15 is 0 Å². The molecule has 0 unspecified atom stereocenters. The standard InChI is InChI=1S/C26H32ClN3O3/c1-18(8-9-20-6-4-3-5-7-20)28-25(31)21-12-14-29(15-13-21)26(32)30-17-19(2)33-24-11-10-22(27)16-23(24)30/h3-7,10-11,16,18-19,21H,8-9,12-15,17H2,1-2H3,(H,28,31)/t18-,19+/m0/s1. The van der Waals surface area contributed by atoms with Gasteiger partial charge in [-0.1, -0.05) is 41.9 Å². The zero-order valence-electron chi connectivity index (χ0n) is 19.3. The van der Waals surface area contributed by atoms with Crippen LogP contribution < -0.4 is 15.0 Å². The van der Waals surface area contributed by atoms with E-state index in [4.69, 9.17) is 16.3 Å². The number of benzene rings is 2. The number of likely N-dealkylation sites (tertiary alicyclic amines) is 1. The van der Waals surface area contributed by atoms with Gasteiger partial charge in [0.2, 0.25) is 5.91 Å². The number of rotatable bonds is 5. The molecule has 0 aliphatic carbocycles. The molecule has 3 amide bonds. The van der Waals surface area contributed by atoms with Gasteiger partial charge in [0.05, 0.1) is 12.2 Å². The van der Waals surface area contributed by atoms with E-state index in [2.05, 4.69) is 24.4 Å². The van der Waals surface area contributed by atoms with Gasteiger partial charge in [0.15, 0.2) is 0 Å². The number of hydrogen-bond donors (Lipinski definition) is 1. The molecular weight excluding hydrogens is 438 g/mol. The van der Waals surface area contributed by atoms with Gasteiger partial charge in [0.1, 0.15) is 11.9 Å². The van der Waals surface area contributed by atoms with E-state index in [1.54, 1.807) is 17.0 Å². The maximum Gasteiger partial charge on any atom is 0.324 e. The molecule has 0 bridgehead atoms. The monoisotopic (exact) mass is 469 g/mol. The third-order valence-electron chi connectivity index (χ3n) is 6.44. The van der Waals surface area contributed by atoms with Gasteiger partial charge in [-0.05, 0) is 63.3 Å². The molecule has 6 nitrogen and oxygen atoms in total. The zero-order chi connectivity index (χ0) is 23.4. The van der Waals surface area contributed by atoms with Crippen molar-refractivity contribution in [2.24, 2.45) is 5.92 Å². The highest BCUT2D eigenvalue weighted by Gasteiger charge is 2.34. The smallest absolute Gasteiger partial charge is 0.324 e. The number of carbonyl (C=O) groups is 2. The van der Waals surface area contributed by atoms with Crippen molar-refractivity contribution in [3.63, 3.8) is 0 Å². The van der Waals surface area contributed by atoms with Crippen molar-refractivity contribution in [2.75, 3.05) is 24.5 Å². The van der Waals surface area contributed by atoms with Crippen LogP contribution in [0.1, 0.15) is 38.7 Å². The van der Waals surface area contributed by atoms with Crippen molar-refractivity contribution in [3.8, 4) is 5.75 Å². The molecule has 2 heterocycles. The number of carbonyl (C=O) groups excluding carboxylic acids is 2. The van der Waals surface area contributed by atoms with E-state index in [0.29, 0.717) is 48.9 Å². The Kier molecular flexibility index (Phi) is 7.43. The second-order valence-electron chi connectivity index (χ2n) is 9.13. The molecule has 2 atom stereocenters. The summed E-state index contributed by atoms with van der Waals surface area (Å²) in [4.78, 5) is 29.7. The maximum atomic E-state index is 13.3. The molecule has 2 aromatic rings. The van der Waals surface area contributed by atoms with E-state index in [9.17, 15) is 9.59 Å². The van der Waals surface area contributed by atoms with Crippen LogP contribution in [0.25, 0.3) is 0 Å². The number of halogens is 1. The predicted molar refractivity (Wildman–Crippen MR) is 131 cm³/mol. The molecule has 0 radical (unpaired) electrons. The fourth-order valence-electron chi connectivity index (χ4n) is 4.56. The largest absolute Gasteiger partial charge is 0.487 e. The van der Waals surface area contributed by atoms with Gasteiger partial charge in [-0.3, -0.25) is 9.69 Å². The minimum absolute atomic E-state index is 0.0521. The third-order valence-corrected chi connectivity index (χ3v) is 6.68. The normalized spacial score (nSPS) is 19.4. The first-order valence-corrected chi connectivity index (χ1v) is 12.2. The minimum atomic E-state index is -0.0942. The summed E-state index contributed by atoms with van der Waals surface area (Å²) < 4.78 is 5.86. The van der Waals surface area contributed by atoms with Crippen LogP contribution in [0.4, 0.5) is 10.5 Å². The Bertz CT molecular complexity index is 976. The molecule has 0 aromatic heterocycles. The van der Waals surface area contributed by atoms with Crippen molar-refractivity contribution < 1.29 is 14.3 Å². The lowest BCUT2D eigenvalue weighted by atomic mass is 9.95. The van der Waals surface area contributed by atoms with E-state index < -0.39 is 0 Å². The first-order chi connectivity index (χ1) is 15.9. The summed E-state index contributed by atoms with van der Waals surface area (Å²) in [5.41, 5.74) is 1.99. The molecule has 2 aliphatic heterocycles. The van der Waals surface area contributed by atoms with Crippen LogP contribution in [0.2, 0.25) is 5.02 Å². The number of anilines is 1. The minimum Gasteiger partial charge on any atom is -0.487 e. The Morgan fingerprint density at radius 2 is 1.88 bits per heavy atom. The quantitative estimate of drug-likeness (QED) is 0.677. The number of hydrogen-bond acceptors (Lipinski definition) is 3. The number of nitrogens with one attached hydrogen (secondary N) is 1. The molecule has 2 aliphatic rings. The van der Waals surface area contributed by atoms with E-state index in [1.165, 1.54) is 5.56 Å². The van der Waals surface area contributed by atoms with Crippen LogP contribution in [0.3, 0.4) is 0 Å². The lowest BCUT2D eigenvalue weighted by molar-refractivity contribution is -0.126. The van der Waals surface area contributed by atoms with Crippen LogP contribution >= 0.6 is 11.6 Å². The zero-order valence-corrected chi connectivity index (χ0v) is 20.1. The molecule has 2 aromatic carbocycles. The summed E-state index contributed by atoms with van der Waals surface area (Å²) in [6.07, 6.45) is 3.10. The molecule has 33 heavy (non-hydrogen) atoms. The predicted octanol–water partition coefficient (Wildman–Crippen LogP) is 4.90. The molecule has 176 valence electrons. The summed E-state index contributed by atoms with van der Waals surface area (Å²) in [5.74, 6) is 0.712. The molecule has 0 spiro atoms. The Labute approximate surface area is 200 Å². The van der Waals surface area contributed by atoms with Gasteiger partial charge >= 0.3 is 6.03 Å². The second-order valence-corrected chi connectivity index (χ2v) is 9.57. The van der Waals surface area contributed by atoms with E-state index in [1.807, 2.05) is 36.1 Å². The Balaban J connectivity index is 1.28. The van der Waals surface area contributed by atoms with Gasteiger partial charge in [0.25, 0.3) is 0 Å². The Hall–Kier alpha value is -2.73. The summed E-state index contributed by atoms with van der Waals surface area (Å²) in [6, 6.07) is 15.7.